The van der Waals surface area contributed by atoms with Gasteiger partial charge in [0.1, 0.15) is 11.5 Å². The fraction of sp³-hybridized carbons (Fsp3) is 0.148. The predicted molar refractivity (Wildman–Crippen MR) is 127 cm³/mol. The second kappa shape index (κ2) is 8.59. The highest BCUT2D eigenvalue weighted by molar-refractivity contribution is 6.45. The van der Waals surface area contributed by atoms with Crippen molar-refractivity contribution in [2.24, 2.45) is 0 Å². The van der Waals surface area contributed by atoms with Gasteiger partial charge in [-0.1, -0.05) is 36.4 Å². The van der Waals surface area contributed by atoms with Crippen LogP contribution in [0.15, 0.2) is 78.5 Å². The number of halogens is 1. The Bertz CT molecular complexity index is 1330. The van der Waals surface area contributed by atoms with E-state index in [0.717, 1.165) is 16.9 Å². The van der Waals surface area contributed by atoms with Crippen molar-refractivity contribution in [3.8, 4) is 0 Å². The molecule has 0 aromatic heterocycles. The van der Waals surface area contributed by atoms with Crippen LogP contribution in [0.3, 0.4) is 0 Å². The Morgan fingerprint density at radius 2 is 1.56 bits per heavy atom. The van der Waals surface area contributed by atoms with Crippen LogP contribution in [0.1, 0.15) is 23.6 Å². The van der Waals surface area contributed by atoms with E-state index in [-0.39, 0.29) is 5.91 Å². The molecule has 5 rings (SSSR count). The number of nitrogens with zero attached hydrogens (tertiary/aromatic N) is 2. The number of hydrogen-bond acceptors (Lipinski definition) is 4. The molecule has 0 fully saturated rings. The summed E-state index contributed by atoms with van der Waals surface area (Å²) < 4.78 is 13.5. The zero-order valence-corrected chi connectivity index (χ0v) is 18.5. The Balaban J connectivity index is 1.58. The molecule has 3 aromatic carbocycles. The molecule has 0 bridgehead atoms. The van der Waals surface area contributed by atoms with Crippen molar-refractivity contribution in [1.29, 1.82) is 0 Å². The normalized spacial score (nSPS) is 15.6. The minimum Gasteiger partial charge on any atom is -0.362 e. The van der Waals surface area contributed by atoms with Crippen LogP contribution < -0.4 is 10.2 Å². The summed E-state index contributed by atoms with van der Waals surface area (Å²) in [6.07, 6.45) is 0.756. The highest BCUT2D eigenvalue weighted by Gasteiger charge is 2.43. The van der Waals surface area contributed by atoms with Gasteiger partial charge >= 0.3 is 0 Å². The first-order valence-corrected chi connectivity index (χ1v) is 11.0. The van der Waals surface area contributed by atoms with Crippen LogP contribution in [-0.4, -0.2) is 29.2 Å². The second-order valence-corrected chi connectivity index (χ2v) is 8.34. The van der Waals surface area contributed by atoms with E-state index in [4.69, 9.17) is 0 Å². The first kappa shape index (κ1) is 21.6. The van der Waals surface area contributed by atoms with Gasteiger partial charge in [-0.25, -0.2) is 9.29 Å². The SMILES string of the molecule is CC(=O)Nc1ccc(C2=C(N3CCc4ccccc4C3)C(=O)N(c3ccc(F)cc3)C2=O)cc1. The molecule has 6 nitrogen and oxygen atoms in total. The molecule has 0 unspecified atom stereocenters. The predicted octanol–water partition coefficient (Wildman–Crippen LogP) is 4.13. The summed E-state index contributed by atoms with van der Waals surface area (Å²) in [6.45, 7) is 2.52. The van der Waals surface area contributed by atoms with E-state index in [1.54, 1.807) is 24.3 Å². The molecule has 0 spiro atoms. The van der Waals surface area contributed by atoms with Crippen LogP contribution in [-0.2, 0) is 27.3 Å². The van der Waals surface area contributed by atoms with Crippen LogP contribution >= 0.6 is 0 Å². The van der Waals surface area contributed by atoms with Gasteiger partial charge in [0, 0.05) is 25.7 Å². The molecule has 2 aliphatic heterocycles. The van der Waals surface area contributed by atoms with Gasteiger partial charge in [-0.15, -0.1) is 0 Å². The van der Waals surface area contributed by atoms with Gasteiger partial charge in [-0.3, -0.25) is 14.4 Å². The molecule has 3 aromatic rings. The molecule has 0 radical (unpaired) electrons. The topological polar surface area (TPSA) is 69.7 Å². The van der Waals surface area contributed by atoms with Crippen LogP contribution in [0.4, 0.5) is 15.8 Å². The Morgan fingerprint density at radius 1 is 0.882 bits per heavy atom. The summed E-state index contributed by atoms with van der Waals surface area (Å²) in [5.41, 5.74) is 4.45. The van der Waals surface area contributed by atoms with Crippen molar-refractivity contribution in [3.63, 3.8) is 0 Å². The Labute approximate surface area is 196 Å². The van der Waals surface area contributed by atoms with Crippen LogP contribution in [0.2, 0.25) is 0 Å². The third kappa shape index (κ3) is 3.85. The summed E-state index contributed by atoms with van der Waals surface area (Å²) in [5, 5.41) is 2.70. The maximum atomic E-state index is 13.7. The number of carbonyl (C=O) groups is 3. The number of amides is 3. The molecule has 0 saturated heterocycles. The van der Waals surface area contributed by atoms with Gasteiger partial charge in [0.15, 0.2) is 0 Å². The van der Waals surface area contributed by atoms with Crippen molar-refractivity contribution in [3.05, 3.63) is 101 Å². The molecule has 1 N–H and O–H groups in total. The lowest BCUT2D eigenvalue weighted by Crippen LogP contribution is -2.37. The molecule has 2 aliphatic rings. The maximum Gasteiger partial charge on any atom is 0.282 e. The maximum absolute atomic E-state index is 13.7. The Kier molecular flexibility index (Phi) is 5.45. The smallest absolute Gasteiger partial charge is 0.282 e. The zero-order valence-electron chi connectivity index (χ0n) is 18.5. The molecular weight excluding hydrogens is 433 g/mol. The van der Waals surface area contributed by atoms with Crippen molar-refractivity contribution < 1.29 is 18.8 Å². The highest BCUT2D eigenvalue weighted by Crippen LogP contribution is 2.37. The first-order chi connectivity index (χ1) is 16.4. The van der Waals surface area contributed by atoms with Gasteiger partial charge in [0.25, 0.3) is 11.8 Å². The molecule has 7 heteroatoms. The molecule has 170 valence electrons. The molecular formula is C27H22FN3O3. The zero-order chi connectivity index (χ0) is 23.8. The summed E-state index contributed by atoms with van der Waals surface area (Å²) in [4.78, 5) is 41.7. The largest absolute Gasteiger partial charge is 0.362 e. The van der Waals surface area contributed by atoms with E-state index in [2.05, 4.69) is 11.4 Å². The fourth-order valence-corrected chi connectivity index (χ4v) is 4.51. The van der Waals surface area contributed by atoms with Crippen molar-refractivity contribution in [2.75, 3.05) is 16.8 Å². The van der Waals surface area contributed by atoms with E-state index in [9.17, 15) is 18.8 Å². The van der Waals surface area contributed by atoms with Gasteiger partial charge in [0.2, 0.25) is 5.91 Å². The third-order valence-electron chi connectivity index (χ3n) is 6.09. The Morgan fingerprint density at radius 3 is 2.24 bits per heavy atom. The minimum atomic E-state index is -0.460. The van der Waals surface area contributed by atoms with E-state index in [1.165, 1.54) is 36.8 Å². The molecule has 3 amide bonds. The lowest BCUT2D eigenvalue weighted by molar-refractivity contribution is -0.121. The summed E-state index contributed by atoms with van der Waals surface area (Å²) >= 11 is 0. The number of rotatable bonds is 4. The van der Waals surface area contributed by atoms with Gasteiger partial charge < -0.3 is 10.2 Å². The number of benzene rings is 3. The molecule has 0 aliphatic carbocycles. The summed E-state index contributed by atoms with van der Waals surface area (Å²) in [5.74, 6) is -1.54. The van der Waals surface area contributed by atoms with E-state index in [0.29, 0.717) is 41.3 Å². The van der Waals surface area contributed by atoms with Crippen molar-refractivity contribution in [1.82, 2.24) is 4.90 Å². The highest BCUT2D eigenvalue weighted by atomic mass is 19.1. The Hall–Kier alpha value is -4.26. The second-order valence-electron chi connectivity index (χ2n) is 8.34. The molecule has 0 atom stereocenters. The van der Waals surface area contributed by atoms with E-state index >= 15 is 0 Å². The fourth-order valence-electron chi connectivity index (χ4n) is 4.51. The first-order valence-electron chi connectivity index (χ1n) is 11.0. The van der Waals surface area contributed by atoms with Crippen molar-refractivity contribution >= 4 is 34.7 Å². The summed E-state index contributed by atoms with van der Waals surface area (Å²) in [7, 11) is 0. The third-order valence-corrected chi connectivity index (χ3v) is 6.09. The van der Waals surface area contributed by atoms with Crippen LogP contribution in [0.5, 0.6) is 0 Å². The van der Waals surface area contributed by atoms with E-state index in [1.807, 2.05) is 23.1 Å². The summed E-state index contributed by atoms with van der Waals surface area (Å²) in [6, 6.07) is 20.2. The molecule has 34 heavy (non-hydrogen) atoms. The average molecular weight is 455 g/mol. The van der Waals surface area contributed by atoms with E-state index < -0.39 is 17.6 Å². The molecule has 2 heterocycles. The molecule has 0 saturated carbocycles. The van der Waals surface area contributed by atoms with Crippen LogP contribution in [0.25, 0.3) is 5.57 Å². The number of hydrogen-bond donors (Lipinski definition) is 1. The van der Waals surface area contributed by atoms with Gasteiger partial charge in [-0.2, -0.15) is 0 Å². The standard InChI is InChI=1S/C27H22FN3O3/c1-17(32)29-22-10-6-19(7-11-22)24-25(30-15-14-18-4-2-3-5-20(18)16-30)27(34)31(26(24)33)23-12-8-21(28)9-13-23/h2-13H,14-16H2,1H3,(H,29,32). The number of fused-ring (bicyclic) bond motifs is 1. The van der Waals surface area contributed by atoms with Crippen LogP contribution in [0, 0.1) is 5.82 Å². The van der Waals surface area contributed by atoms with Gasteiger partial charge in [0.05, 0.1) is 11.3 Å². The van der Waals surface area contributed by atoms with Crippen molar-refractivity contribution in [2.45, 2.75) is 19.9 Å². The quantitative estimate of drug-likeness (QED) is 0.601. The average Bonchev–Trinajstić information content (AvgIpc) is 3.09. The monoisotopic (exact) mass is 455 g/mol. The minimum absolute atomic E-state index is 0.200. The number of anilines is 2. The lowest BCUT2D eigenvalue weighted by atomic mass is 9.97. The number of carbonyl (C=O) groups excluding carboxylic acids is 3. The number of imide groups is 1. The van der Waals surface area contributed by atoms with Gasteiger partial charge in [-0.05, 0) is 59.5 Å². The lowest BCUT2D eigenvalue weighted by Gasteiger charge is -2.31. The number of nitrogens with one attached hydrogen (secondary N) is 1.